The summed E-state index contributed by atoms with van der Waals surface area (Å²) in [6.45, 7) is 6.11. The molecule has 164 valence electrons. The average molecular weight is 421 g/mol. The van der Waals surface area contributed by atoms with Crippen molar-refractivity contribution < 1.29 is 14.3 Å². The Balaban J connectivity index is 1.48. The highest BCUT2D eigenvalue weighted by Gasteiger charge is 2.33. The van der Waals surface area contributed by atoms with Crippen LogP contribution < -0.4 is 0 Å². The van der Waals surface area contributed by atoms with E-state index in [-0.39, 0.29) is 24.0 Å². The predicted octanol–water partition coefficient (Wildman–Crippen LogP) is 4.23. The number of amides is 2. The molecule has 1 heterocycles. The molecule has 1 aliphatic carbocycles. The van der Waals surface area contributed by atoms with Crippen molar-refractivity contribution in [3.63, 3.8) is 0 Å². The van der Waals surface area contributed by atoms with E-state index in [2.05, 4.69) is 0 Å². The minimum Gasteiger partial charge on any atom is -0.373 e. The fourth-order valence-electron chi connectivity index (χ4n) is 4.69. The van der Waals surface area contributed by atoms with Gasteiger partial charge in [0.25, 0.3) is 11.8 Å². The molecule has 1 unspecified atom stereocenters. The molecule has 2 amide bonds. The van der Waals surface area contributed by atoms with E-state index < -0.39 is 0 Å². The molecule has 31 heavy (non-hydrogen) atoms. The molecule has 0 N–H and O–H groups in total. The summed E-state index contributed by atoms with van der Waals surface area (Å²) in [5.41, 5.74) is 3.59. The smallest absolute Gasteiger partial charge is 0.254 e. The van der Waals surface area contributed by atoms with Gasteiger partial charge in [-0.3, -0.25) is 9.59 Å². The lowest BCUT2D eigenvalue weighted by Gasteiger charge is -2.38. The van der Waals surface area contributed by atoms with Gasteiger partial charge in [-0.1, -0.05) is 48.7 Å². The number of benzene rings is 2. The minimum absolute atomic E-state index is 0.0451. The van der Waals surface area contributed by atoms with Crippen LogP contribution in [0.3, 0.4) is 0 Å². The maximum absolute atomic E-state index is 13.4. The van der Waals surface area contributed by atoms with E-state index in [1.807, 2.05) is 72.2 Å². The summed E-state index contributed by atoms with van der Waals surface area (Å²) in [6, 6.07) is 15.7. The van der Waals surface area contributed by atoms with Gasteiger partial charge in [-0.05, 0) is 50.5 Å². The molecule has 1 saturated carbocycles. The van der Waals surface area contributed by atoms with Gasteiger partial charge in [-0.15, -0.1) is 0 Å². The molecule has 1 aliphatic heterocycles. The average Bonchev–Trinajstić information content (AvgIpc) is 3.32. The molecule has 0 aromatic heterocycles. The Kier molecular flexibility index (Phi) is 6.71. The molecule has 5 nitrogen and oxygen atoms in total. The van der Waals surface area contributed by atoms with E-state index in [1.165, 1.54) is 0 Å². The van der Waals surface area contributed by atoms with Gasteiger partial charge in [-0.2, -0.15) is 0 Å². The second-order valence-electron chi connectivity index (χ2n) is 8.82. The minimum atomic E-state index is -0.170. The Morgan fingerprint density at radius 2 is 1.74 bits per heavy atom. The molecular weight excluding hydrogens is 388 g/mol. The third-order valence-corrected chi connectivity index (χ3v) is 6.53. The fourth-order valence-corrected chi connectivity index (χ4v) is 4.69. The van der Waals surface area contributed by atoms with Crippen molar-refractivity contribution in [2.24, 2.45) is 0 Å². The number of hydrogen-bond acceptors (Lipinski definition) is 3. The number of rotatable bonds is 5. The molecule has 2 aromatic carbocycles. The molecule has 2 aliphatic rings. The third kappa shape index (κ3) is 4.99. The third-order valence-electron chi connectivity index (χ3n) is 6.53. The largest absolute Gasteiger partial charge is 0.373 e. The molecule has 1 atom stereocenters. The lowest BCUT2D eigenvalue weighted by atomic mass is 10.1. The first-order valence-corrected chi connectivity index (χ1v) is 11.4. The summed E-state index contributed by atoms with van der Waals surface area (Å²) in [7, 11) is 0. The standard InChI is InChI=1S/C26H32N2O3/c1-19-11-13-21(14-12-19)25(29)28(22-8-4-5-9-22)18-23-17-27(15-16-31-23)26(30)24-10-6-3-7-20(24)2/h3,6-7,10-14,22-23H,4-5,8-9,15-18H2,1-2H3. The molecule has 1 saturated heterocycles. The van der Waals surface area contributed by atoms with Crippen molar-refractivity contribution in [3.8, 4) is 0 Å². The van der Waals surface area contributed by atoms with E-state index in [9.17, 15) is 9.59 Å². The van der Waals surface area contributed by atoms with Crippen LogP contribution >= 0.6 is 0 Å². The molecule has 0 radical (unpaired) electrons. The zero-order chi connectivity index (χ0) is 21.8. The second kappa shape index (κ2) is 9.65. The van der Waals surface area contributed by atoms with Gasteiger partial charge in [0, 0.05) is 36.8 Å². The SMILES string of the molecule is Cc1ccc(C(=O)N(CC2CN(C(=O)c3ccccc3C)CCO2)C2CCCC2)cc1. The first-order valence-electron chi connectivity index (χ1n) is 11.4. The summed E-state index contributed by atoms with van der Waals surface area (Å²) in [6.07, 6.45) is 4.22. The Bertz CT molecular complexity index is 919. The molecular formula is C26H32N2O3. The zero-order valence-electron chi connectivity index (χ0n) is 18.5. The van der Waals surface area contributed by atoms with Crippen molar-refractivity contribution >= 4 is 11.8 Å². The van der Waals surface area contributed by atoms with Crippen LogP contribution in [0.1, 0.15) is 57.5 Å². The van der Waals surface area contributed by atoms with Crippen LogP contribution in [0.2, 0.25) is 0 Å². The van der Waals surface area contributed by atoms with Gasteiger partial charge in [0.15, 0.2) is 0 Å². The summed E-state index contributed by atoms with van der Waals surface area (Å²) < 4.78 is 6.03. The van der Waals surface area contributed by atoms with Crippen LogP contribution in [0, 0.1) is 13.8 Å². The number of ether oxygens (including phenoxy) is 1. The van der Waals surface area contributed by atoms with E-state index >= 15 is 0 Å². The number of hydrogen-bond donors (Lipinski definition) is 0. The molecule has 2 fully saturated rings. The van der Waals surface area contributed by atoms with Crippen LogP contribution in [-0.2, 0) is 4.74 Å². The Morgan fingerprint density at radius 3 is 2.45 bits per heavy atom. The van der Waals surface area contributed by atoms with Gasteiger partial charge in [0.2, 0.25) is 0 Å². The maximum Gasteiger partial charge on any atom is 0.254 e. The number of carbonyl (C=O) groups is 2. The number of nitrogens with zero attached hydrogens (tertiary/aromatic N) is 2. The molecule has 2 aromatic rings. The van der Waals surface area contributed by atoms with Crippen LogP contribution in [-0.4, -0.2) is 60.0 Å². The summed E-state index contributed by atoms with van der Waals surface area (Å²) in [5.74, 6) is 0.113. The Hall–Kier alpha value is -2.66. The fraction of sp³-hybridized carbons (Fsp3) is 0.462. The molecule has 0 spiro atoms. The van der Waals surface area contributed by atoms with E-state index in [4.69, 9.17) is 4.74 Å². The number of aryl methyl sites for hydroxylation is 2. The number of carbonyl (C=O) groups excluding carboxylic acids is 2. The topological polar surface area (TPSA) is 49.9 Å². The highest BCUT2D eigenvalue weighted by molar-refractivity contribution is 5.96. The summed E-state index contributed by atoms with van der Waals surface area (Å²) in [5, 5.41) is 0. The highest BCUT2D eigenvalue weighted by atomic mass is 16.5. The second-order valence-corrected chi connectivity index (χ2v) is 8.82. The van der Waals surface area contributed by atoms with E-state index in [1.54, 1.807) is 0 Å². The molecule has 4 rings (SSSR count). The van der Waals surface area contributed by atoms with Gasteiger partial charge >= 0.3 is 0 Å². The maximum atomic E-state index is 13.4. The van der Waals surface area contributed by atoms with Gasteiger partial charge < -0.3 is 14.5 Å². The van der Waals surface area contributed by atoms with Crippen LogP contribution in [0.15, 0.2) is 48.5 Å². The van der Waals surface area contributed by atoms with Crippen LogP contribution in [0.5, 0.6) is 0 Å². The van der Waals surface area contributed by atoms with E-state index in [0.717, 1.165) is 47.9 Å². The van der Waals surface area contributed by atoms with Crippen molar-refractivity contribution in [2.75, 3.05) is 26.2 Å². The zero-order valence-corrected chi connectivity index (χ0v) is 18.5. The first-order chi connectivity index (χ1) is 15.0. The normalized spacial score (nSPS) is 19.4. The Labute approximate surface area is 185 Å². The van der Waals surface area contributed by atoms with Gasteiger partial charge in [0.05, 0.1) is 12.7 Å². The summed E-state index contributed by atoms with van der Waals surface area (Å²) >= 11 is 0. The van der Waals surface area contributed by atoms with E-state index in [0.29, 0.717) is 26.2 Å². The van der Waals surface area contributed by atoms with Crippen LogP contribution in [0.4, 0.5) is 0 Å². The van der Waals surface area contributed by atoms with Crippen molar-refractivity contribution in [3.05, 3.63) is 70.8 Å². The molecule has 5 heteroatoms. The van der Waals surface area contributed by atoms with Gasteiger partial charge in [0.1, 0.15) is 0 Å². The predicted molar refractivity (Wildman–Crippen MR) is 121 cm³/mol. The lowest BCUT2D eigenvalue weighted by Crippen LogP contribution is -2.52. The lowest BCUT2D eigenvalue weighted by molar-refractivity contribution is -0.0371. The van der Waals surface area contributed by atoms with Crippen molar-refractivity contribution in [1.29, 1.82) is 0 Å². The first kappa shape index (κ1) is 21.6. The molecule has 0 bridgehead atoms. The summed E-state index contributed by atoms with van der Waals surface area (Å²) in [4.78, 5) is 30.4. The quantitative estimate of drug-likeness (QED) is 0.727. The van der Waals surface area contributed by atoms with Crippen molar-refractivity contribution in [2.45, 2.75) is 51.7 Å². The van der Waals surface area contributed by atoms with Crippen molar-refractivity contribution in [1.82, 2.24) is 9.80 Å². The van der Waals surface area contributed by atoms with Gasteiger partial charge in [-0.25, -0.2) is 0 Å². The monoisotopic (exact) mass is 420 g/mol. The highest BCUT2D eigenvalue weighted by Crippen LogP contribution is 2.26. The van der Waals surface area contributed by atoms with Crippen LogP contribution in [0.25, 0.3) is 0 Å². The Morgan fingerprint density at radius 1 is 1.03 bits per heavy atom. The number of morpholine rings is 1.